The number of amides is 2. The maximum Gasteiger partial charge on any atom is 0.252 e. The number of nitrogens with two attached hydrogens (primary N) is 1. The van der Waals surface area contributed by atoms with Gasteiger partial charge in [-0.1, -0.05) is 13.8 Å². The lowest BCUT2D eigenvalue weighted by Crippen LogP contribution is -2.42. The van der Waals surface area contributed by atoms with Crippen LogP contribution >= 0.6 is 0 Å². The van der Waals surface area contributed by atoms with Crippen LogP contribution in [-0.4, -0.2) is 72.6 Å². The van der Waals surface area contributed by atoms with Crippen LogP contribution in [0.15, 0.2) is 42.6 Å². The number of piperidine rings is 1. The molecular weight excluding hydrogens is 476 g/mol. The van der Waals surface area contributed by atoms with Gasteiger partial charge in [0, 0.05) is 38.7 Å². The van der Waals surface area contributed by atoms with Crippen molar-refractivity contribution in [3.05, 3.63) is 48.2 Å². The number of carbonyl (C=O) groups is 2. The Balaban J connectivity index is 0.00000186. The van der Waals surface area contributed by atoms with E-state index < -0.39 is 5.91 Å². The molecule has 200 valence electrons. The molecule has 2 N–H and O–H groups in total. The Kier molecular flexibility index (Phi) is 10.3. The first kappa shape index (κ1) is 27.9. The number of hydrogen-bond acceptors (Lipinski definition) is 7. The normalized spacial score (nSPS) is 13.7. The molecule has 2 heterocycles. The number of methoxy groups -OCH3 is 1. The number of hydrogen-bond donors (Lipinski definition) is 1. The Hall–Kier alpha value is -3.63. The Morgan fingerprint density at radius 2 is 1.73 bits per heavy atom. The van der Waals surface area contributed by atoms with Gasteiger partial charge in [0.15, 0.2) is 0 Å². The average molecular weight is 513 g/mol. The summed E-state index contributed by atoms with van der Waals surface area (Å²) in [6, 6.07) is 10.5. The fraction of sp³-hybridized carbons (Fsp3) is 0.444. The van der Waals surface area contributed by atoms with E-state index in [1.807, 2.05) is 25.8 Å². The summed E-state index contributed by atoms with van der Waals surface area (Å²) < 4.78 is 24.2. The largest absolute Gasteiger partial charge is 0.491 e. The van der Waals surface area contributed by atoms with Gasteiger partial charge in [-0.05, 0) is 43.2 Å². The topological polar surface area (TPSA) is 118 Å². The van der Waals surface area contributed by atoms with Crippen molar-refractivity contribution in [3.63, 3.8) is 0 Å². The second-order valence-electron chi connectivity index (χ2n) is 8.35. The van der Waals surface area contributed by atoms with Gasteiger partial charge in [-0.3, -0.25) is 14.3 Å². The number of carbonyl (C=O) groups excluding carboxylic acids is 2. The summed E-state index contributed by atoms with van der Waals surface area (Å²) in [6.45, 7) is 6.35. The minimum absolute atomic E-state index is 0.0186. The molecule has 0 unspecified atom stereocenters. The van der Waals surface area contributed by atoms with Crippen LogP contribution in [0.2, 0.25) is 0 Å². The number of likely N-dealkylation sites (tertiary alicyclic amines) is 1. The van der Waals surface area contributed by atoms with E-state index in [1.54, 1.807) is 47.3 Å². The lowest BCUT2D eigenvalue weighted by Gasteiger charge is -2.31. The molecule has 0 radical (unpaired) electrons. The summed E-state index contributed by atoms with van der Waals surface area (Å²) in [5.74, 6) is 1.04. The van der Waals surface area contributed by atoms with Crippen LogP contribution in [0.5, 0.6) is 17.2 Å². The lowest BCUT2D eigenvalue weighted by molar-refractivity contribution is -0.137. The Morgan fingerprint density at radius 1 is 1.05 bits per heavy atom. The number of aromatic nitrogens is 2. The van der Waals surface area contributed by atoms with Gasteiger partial charge >= 0.3 is 0 Å². The summed E-state index contributed by atoms with van der Waals surface area (Å²) in [4.78, 5) is 25.6. The third kappa shape index (κ3) is 7.43. The predicted octanol–water partition coefficient (Wildman–Crippen LogP) is 3.52. The molecule has 1 aliphatic heterocycles. The summed E-state index contributed by atoms with van der Waals surface area (Å²) in [5, 5.41) is 5.01. The highest BCUT2D eigenvalue weighted by Crippen LogP contribution is 2.30. The van der Waals surface area contributed by atoms with Gasteiger partial charge in [-0.2, -0.15) is 5.10 Å². The number of fused-ring (bicyclic) bond motifs is 1. The van der Waals surface area contributed by atoms with E-state index in [9.17, 15) is 9.59 Å². The highest BCUT2D eigenvalue weighted by atomic mass is 16.5. The van der Waals surface area contributed by atoms with Crippen molar-refractivity contribution >= 4 is 22.7 Å². The van der Waals surface area contributed by atoms with Crippen LogP contribution in [0.25, 0.3) is 10.9 Å². The summed E-state index contributed by atoms with van der Waals surface area (Å²) in [7, 11) is 3.34. The lowest BCUT2D eigenvalue weighted by atomic mass is 10.1. The van der Waals surface area contributed by atoms with Crippen LogP contribution in [0.3, 0.4) is 0 Å². The van der Waals surface area contributed by atoms with Gasteiger partial charge < -0.3 is 29.6 Å². The highest BCUT2D eigenvalue weighted by molar-refractivity contribution is 6.00. The van der Waals surface area contributed by atoms with E-state index in [1.165, 1.54) is 7.11 Å². The molecule has 2 aromatic carbocycles. The van der Waals surface area contributed by atoms with Crippen molar-refractivity contribution in [2.24, 2.45) is 12.8 Å². The van der Waals surface area contributed by atoms with Crippen molar-refractivity contribution in [3.8, 4) is 17.2 Å². The minimum atomic E-state index is -0.571. The SMILES string of the molecule is CC.COCC(=O)N1CCC(OCCOc2ccc(Oc3cc4c(cnn4C)cc3C(N)=O)cc2)CC1. The van der Waals surface area contributed by atoms with Gasteiger partial charge in [-0.15, -0.1) is 0 Å². The smallest absolute Gasteiger partial charge is 0.252 e. The zero-order valence-corrected chi connectivity index (χ0v) is 21.9. The Bertz CT molecular complexity index is 1170. The molecule has 10 nitrogen and oxygen atoms in total. The number of aryl methyl sites for hydroxylation is 1. The van der Waals surface area contributed by atoms with Gasteiger partial charge in [0.25, 0.3) is 5.91 Å². The average Bonchev–Trinajstić information content (AvgIpc) is 3.28. The molecule has 1 fully saturated rings. The highest BCUT2D eigenvalue weighted by Gasteiger charge is 2.23. The molecule has 4 rings (SSSR count). The molecular formula is C27H36N4O6. The second-order valence-corrected chi connectivity index (χ2v) is 8.35. The van der Waals surface area contributed by atoms with E-state index in [4.69, 9.17) is 24.7 Å². The second kappa shape index (κ2) is 13.6. The monoisotopic (exact) mass is 512 g/mol. The molecule has 0 atom stereocenters. The maximum atomic E-state index is 11.9. The van der Waals surface area contributed by atoms with E-state index >= 15 is 0 Å². The van der Waals surface area contributed by atoms with Crippen LogP contribution in [0, 0.1) is 0 Å². The van der Waals surface area contributed by atoms with Crippen LogP contribution in [0.4, 0.5) is 0 Å². The standard InChI is InChI=1S/C25H30N4O6.C2H6/c1-28-22-14-23(21(25(26)31)13-17(22)15-27-28)35-20-5-3-18(4-6-20)33-11-12-34-19-7-9-29(10-8-19)24(30)16-32-2;1-2/h3-6,13-15,19H,7-12,16H2,1-2H3,(H2,26,31);1-2H3. The fourth-order valence-electron chi connectivity index (χ4n) is 4.05. The number of rotatable bonds is 10. The Labute approximate surface area is 217 Å². The minimum Gasteiger partial charge on any atom is -0.491 e. The third-order valence-corrected chi connectivity index (χ3v) is 5.93. The molecule has 0 aliphatic carbocycles. The molecule has 0 saturated carbocycles. The molecule has 1 aliphatic rings. The quantitative estimate of drug-likeness (QED) is 0.413. The predicted molar refractivity (Wildman–Crippen MR) is 140 cm³/mol. The molecule has 2 amide bonds. The van der Waals surface area contributed by atoms with Crippen molar-refractivity contribution < 1.29 is 28.5 Å². The first-order valence-electron chi connectivity index (χ1n) is 12.5. The van der Waals surface area contributed by atoms with Gasteiger partial charge in [-0.25, -0.2) is 0 Å². The number of ether oxygens (including phenoxy) is 4. The molecule has 1 saturated heterocycles. The van der Waals surface area contributed by atoms with E-state index in [0.717, 1.165) is 23.7 Å². The summed E-state index contributed by atoms with van der Waals surface area (Å²) in [5.41, 5.74) is 6.66. The molecule has 1 aromatic heterocycles. The maximum absolute atomic E-state index is 11.9. The summed E-state index contributed by atoms with van der Waals surface area (Å²) in [6.07, 6.45) is 3.41. The zero-order chi connectivity index (χ0) is 26.8. The van der Waals surface area contributed by atoms with Crippen molar-refractivity contribution in [1.82, 2.24) is 14.7 Å². The van der Waals surface area contributed by atoms with Gasteiger partial charge in [0.05, 0.1) is 30.0 Å². The van der Waals surface area contributed by atoms with Crippen LogP contribution in [0.1, 0.15) is 37.0 Å². The molecule has 10 heteroatoms. The summed E-state index contributed by atoms with van der Waals surface area (Å²) >= 11 is 0. The fourth-order valence-corrected chi connectivity index (χ4v) is 4.05. The first-order chi connectivity index (χ1) is 17.9. The Morgan fingerprint density at radius 3 is 2.38 bits per heavy atom. The number of benzene rings is 2. The van der Waals surface area contributed by atoms with Crippen molar-refractivity contribution in [1.29, 1.82) is 0 Å². The molecule has 0 spiro atoms. The van der Waals surface area contributed by atoms with Crippen LogP contribution < -0.4 is 15.2 Å². The molecule has 37 heavy (non-hydrogen) atoms. The van der Waals surface area contributed by atoms with E-state index in [0.29, 0.717) is 43.6 Å². The first-order valence-corrected chi connectivity index (χ1v) is 12.5. The number of primary amides is 1. The molecule has 0 bridgehead atoms. The van der Waals surface area contributed by atoms with Crippen molar-refractivity contribution in [2.45, 2.75) is 32.8 Å². The van der Waals surface area contributed by atoms with Gasteiger partial charge in [0.1, 0.15) is 30.5 Å². The molecule has 3 aromatic rings. The van der Waals surface area contributed by atoms with E-state index in [-0.39, 0.29) is 24.2 Å². The zero-order valence-electron chi connectivity index (χ0n) is 21.9. The van der Waals surface area contributed by atoms with Crippen molar-refractivity contribution in [2.75, 3.05) is 40.0 Å². The third-order valence-electron chi connectivity index (χ3n) is 5.93. The van der Waals surface area contributed by atoms with Gasteiger partial charge in [0.2, 0.25) is 5.91 Å². The number of nitrogens with zero attached hydrogens (tertiary/aromatic N) is 3. The van der Waals surface area contributed by atoms with E-state index in [2.05, 4.69) is 5.10 Å². The van der Waals surface area contributed by atoms with Crippen LogP contribution in [-0.2, 0) is 21.3 Å².